The number of benzene rings is 1. The van der Waals surface area contributed by atoms with Gasteiger partial charge in [-0.25, -0.2) is 0 Å². The van der Waals surface area contributed by atoms with Crippen LogP contribution in [0.1, 0.15) is 25.8 Å². The van der Waals surface area contributed by atoms with E-state index in [4.69, 9.17) is 23.2 Å². The third-order valence-electron chi connectivity index (χ3n) is 2.23. The lowest BCUT2D eigenvalue weighted by molar-refractivity contribution is 0.578. The lowest BCUT2D eigenvalue weighted by atomic mass is 9.98. The molecule has 0 amide bonds. The van der Waals surface area contributed by atoms with Gasteiger partial charge >= 0.3 is 0 Å². The van der Waals surface area contributed by atoms with Crippen LogP contribution in [0.4, 0.5) is 0 Å². The van der Waals surface area contributed by atoms with Crippen molar-refractivity contribution in [2.45, 2.75) is 26.2 Å². The summed E-state index contributed by atoms with van der Waals surface area (Å²) in [6.07, 6.45) is 0. The normalized spacial score (nSPS) is 11.8. The monoisotopic (exact) mass is 286 g/mol. The molecule has 5 heteroatoms. The van der Waals surface area contributed by atoms with E-state index in [0.717, 1.165) is 15.6 Å². The molecule has 1 aromatic heterocycles. The fraction of sp³-hybridized carbons (Fsp3) is 0.333. The van der Waals surface area contributed by atoms with E-state index in [0.29, 0.717) is 10.0 Å². The van der Waals surface area contributed by atoms with Crippen molar-refractivity contribution in [3.63, 3.8) is 0 Å². The van der Waals surface area contributed by atoms with Gasteiger partial charge in [0.05, 0.1) is 5.02 Å². The van der Waals surface area contributed by atoms with Crippen molar-refractivity contribution in [2.75, 3.05) is 0 Å². The Bertz CT molecular complexity index is 544. The van der Waals surface area contributed by atoms with E-state index in [2.05, 4.69) is 31.0 Å². The number of rotatable bonds is 1. The first-order valence-electron chi connectivity index (χ1n) is 5.17. The van der Waals surface area contributed by atoms with Crippen molar-refractivity contribution >= 4 is 34.5 Å². The van der Waals surface area contributed by atoms with Crippen molar-refractivity contribution in [1.29, 1.82) is 0 Å². The topological polar surface area (TPSA) is 25.8 Å². The van der Waals surface area contributed by atoms with Crippen LogP contribution in [-0.2, 0) is 5.41 Å². The summed E-state index contributed by atoms with van der Waals surface area (Å²) < 4.78 is 0. The summed E-state index contributed by atoms with van der Waals surface area (Å²) in [5, 5.41) is 11.4. The lowest BCUT2D eigenvalue weighted by Gasteiger charge is -2.12. The zero-order valence-electron chi connectivity index (χ0n) is 9.79. The molecule has 0 aliphatic carbocycles. The average Bonchev–Trinajstić information content (AvgIpc) is 2.65. The molecule has 0 saturated carbocycles. The predicted molar refractivity (Wildman–Crippen MR) is 74.1 cm³/mol. The van der Waals surface area contributed by atoms with Crippen molar-refractivity contribution in [2.24, 2.45) is 0 Å². The molecule has 0 atom stereocenters. The molecule has 0 saturated heterocycles. The first-order chi connectivity index (χ1) is 7.88. The van der Waals surface area contributed by atoms with Crippen LogP contribution in [0.25, 0.3) is 10.6 Å². The molecule has 2 nitrogen and oxygen atoms in total. The van der Waals surface area contributed by atoms with Gasteiger partial charge in [-0.1, -0.05) is 55.3 Å². The highest BCUT2D eigenvalue weighted by molar-refractivity contribution is 7.14. The SMILES string of the molecule is CC(C)(C)c1nnc(-c2ccc(Cl)cc2Cl)s1. The van der Waals surface area contributed by atoms with Crippen LogP contribution >= 0.6 is 34.5 Å². The third-order valence-corrected chi connectivity index (χ3v) is 4.16. The summed E-state index contributed by atoms with van der Waals surface area (Å²) in [5.41, 5.74) is 0.888. The van der Waals surface area contributed by atoms with Crippen molar-refractivity contribution in [3.05, 3.63) is 33.3 Å². The predicted octanol–water partition coefficient (Wildman–Crippen LogP) is 4.81. The van der Waals surface area contributed by atoms with Crippen LogP contribution < -0.4 is 0 Å². The van der Waals surface area contributed by atoms with Gasteiger partial charge in [0.15, 0.2) is 0 Å². The zero-order chi connectivity index (χ0) is 12.6. The molecule has 90 valence electrons. The van der Waals surface area contributed by atoms with Crippen LogP contribution in [0.2, 0.25) is 10.0 Å². The number of halogens is 2. The summed E-state index contributed by atoms with van der Waals surface area (Å²) in [7, 11) is 0. The van der Waals surface area contributed by atoms with Gasteiger partial charge in [0, 0.05) is 16.0 Å². The fourth-order valence-electron chi connectivity index (χ4n) is 1.30. The molecule has 0 bridgehead atoms. The molecule has 2 aromatic rings. The Morgan fingerprint density at radius 3 is 2.35 bits per heavy atom. The van der Waals surface area contributed by atoms with Gasteiger partial charge < -0.3 is 0 Å². The zero-order valence-corrected chi connectivity index (χ0v) is 12.1. The standard InChI is InChI=1S/C12H12Cl2N2S/c1-12(2,3)11-16-15-10(17-11)8-5-4-7(13)6-9(8)14/h4-6H,1-3H3. The largest absolute Gasteiger partial charge is 0.149 e. The Kier molecular flexibility index (Phi) is 3.43. The lowest BCUT2D eigenvalue weighted by Crippen LogP contribution is -2.10. The second-order valence-electron chi connectivity index (χ2n) is 4.79. The van der Waals surface area contributed by atoms with E-state index in [1.165, 1.54) is 0 Å². The van der Waals surface area contributed by atoms with E-state index < -0.39 is 0 Å². The van der Waals surface area contributed by atoms with Gasteiger partial charge in [0.25, 0.3) is 0 Å². The second-order valence-corrected chi connectivity index (χ2v) is 6.61. The maximum atomic E-state index is 6.14. The minimum absolute atomic E-state index is 0.00875. The number of aromatic nitrogens is 2. The van der Waals surface area contributed by atoms with E-state index in [1.807, 2.05) is 6.07 Å². The minimum atomic E-state index is 0.00875. The summed E-state index contributed by atoms with van der Waals surface area (Å²) in [5.74, 6) is 0. The quantitative estimate of drug-likeness (QED) is 0.752. The number of hydrogen-bond acceptors (Lipinski definition) is 3. The van der Waals surface area contributed by atoms with Gasteiger partial charge in [-0.15, -0.1) is 10.2 Å². The molecule has 0 radical (unpaired) electrons. The summed E-state index contributed by atoms with van der Waals surface area (Å²) in [4.78, 5) is 0. The molecule has 0 unspecified atom stereocenters. The van der Waals surface area contributed by atoms with Crippen LogP contribution in [0.3, 0.4) is 0 Å². The number of hydrogen-bond donors (Lipinski definition) is 0. The van der Waals surface area contributed by atoms with Crippen LogP contribution in [0, 0.1) is 0 Å². The molecule has 0 N–H and O–H groups in total. The Morgan fingerprint density at radius 1 is 1.12 bits per heavy atom. The van der Waals surface area contributed by atoms with Gasteiger partial charge in [0.2, 0.25) is 0 Å². The highest BCUT2D eigenvalue weighted by atomic mass is 35.5. The van der Waals surface area contributed by atoms with Gasteiger partial charge in [-0.2, -0.15) is 0 Å². The molecular weight excluding hydrogens is 275 g/mol. The van der Waals surface area contributed by atoms with Gasteiger partial charge in [-0.05, 0) is 18.2 Å². The molecule has 0 aliphatic heterocycles. The molecular formula is C12H12Cl2N2S. The Balaban J connectivity index is 2.44. The smallest absolute Gasteiger partial charge is 0.143 e. The summed E-state index contributed by atoms with van der Waals surface area (Å²) in [6, 6.07) is 5.40. The average molecular weight is 287 g/mol. The van der Waals surface area contributed by atoms with Crippen molar-refractivity contribution in [1.82, 2.24) is 10.2 Å². The fourth-order valence-corrected chi connectivity index (χ4v) is 2.79. The molecule has 1 heterocycles. The molecule has 0 aliphatic rings. The molecule has 17 heavy (non-hydrogen) atoms. The minimum Gasteiger partial charge on any atom is -0.143 e. The molecule has 1 aromatic carbocycles. The van der Waals surface area contributed by atoms with Crippen LogP contribution in [0.15, 0.2) is 18.2 Å². The first-order valence-corrected chi connectivity index (χ1v) is 6.74. The van der Waals surface area contributed by atoms with Crippen molar-refractivity contribution in [3.8, 4) is 10.6 Å². The van der Waals surface area contributed by atoms with Crippen molar-refractivity contribution < 1.29 is 0 Å². The highest BCUT2D eigenvalue weighted by Crippen LogP contribution is 2.35. The van der Waals surface area contributed by atoms with Crippen LogP contribution in [0.5, 0.6) is 0 Å². The molecule has 0 spiro atoms. The Labute approximate surface area is 115 Å². The van der Waals surface area contributed by atoms with E-state index in [-0.39, 0.29) is 5.41 Å². The van der Waals surface area contributed by atoms with Gasteiger partial charge in [0.1, 0.15) is 10.0 Å². The highest BCUT2D eigenvalue weighted by Gasteiger charge is 2.20. The summed E-state index contributed by atoms with van der Waals surface area (Å²) in [6.45, 7) is 6.34. The first kappa shape index (κ1) is 12.8. The van der Waals surface area contributed by atoms with Crippen LogP contribution in [-0.4, -0.2) is 10.2 Å². The van der Waals surface area contributed by atoms with E-state index >= 15 is 0 Å². The maximum Gasteiger partial charge on any atom is 0.149 e. The Morgan fingerprint density at radius 2 is 1.82 bits per heavy atom. The number of nitrogens with zero attached hydrogens (tertiary/aromatic N) is 2. The summed E-state index contributed by atoms with van der Waals surface area (Å²) >= 11 is 13.6. The van der Waals surface area contributed by atoms with Gasteiger partial charge in [-0.3, -0.25) is 0 Å². The van der Waals surface area contributed by atoms with E-state index in [1.54, 1.807) is 23.5 Å². The Hall–Kier alpha value is -0.640. The van der Waals surface area contributed by atoms with E-state index in [9.17, 15) is 0 Å². The third kappa shape index (κ3) is 2.79. The molecule has 2 rings (SSSR count). The molecule has 0 fully saturated rings. The maximum absolute atomic E-state index is 6.14. The second kappa shape index (κ2) is 4.56.